The van der Waals surface area contributed by atoms with Crippen LogP contribution in [0.25, 0.3) is 6.08 Å². The summed E-state index contributed by atoms with van der Waals surface area (Å²) >= 11 is 11.9. The fourth-order valence-electron chi connectivity index (χ4n) is 4.39. The van der Waals surface area contributed by atoms with Crippen molar-refractivity contribution in [1.82, 2.24) is 5.32 Å². The van der Waals surface area contributed by atoms with Crippen LogP contribution in [0, 0.1) is 5.82 Å². The summed E-state index contributed by atoms with van der Waals surface area (Å²) < 4.78 is 15.1. The Morgan fingerprint density at radius 3 is 2.48 bits per heavy atom. The summed E-state index contributed by atoms with van der Waals surface area (Å²) in [6.45, 7) is 6.26. The van der Waals surface area contributed by atoms with E-state index in [0.717, 1.165) is 22.6 Å². The van der Waals surface area contributed by atoms with Gasteiger partial charge in [0, 0.05) is 23.8 Å². The number of hydrogen-bond donors (Lipinski definition) is 1. The first-order valence-corrected chi connectivity index (χ1v) is 11.1. The molecule has 0 spiro atoms. The molecule has 1 unspecified atom stereocenters. The Bertz CT molecular complexity index is 1240. The Morgan fingerprint density at radius 2 is 1.82 bits per heavy atom. The summed E-state index contributed by atoms with van der Waals surface area (Å²) in [5.74, 6) is -2.21. The SMILES string of the molecule is CC1CC(C)(C)N(C)c2cc(F)c(/C=C3/C(=O)NC(=O)N(c4ccc(Cl)c(Cl)c4)C3=O)cc21. The minimum Gasteiger partial charge on any atom is -0.369 e. The van der Waals surface area contributed by atoms with Gasteiger partial charge in [-0.05, 0) is 68.2 Å². The van der Waals surface area contributed by atoms with E-state index in [1.807, 2.05) is 11.9 Å². The number of nitrogens with zero attached hydrogens (tertiary/aromatic N) is 2. The van der Waals surface area contributed by atoms with Gasteiger partial charge in [0.05, 0.1) is 15.7 Å². The van der Waals surface area contributed by atoms with E-state index in [2.05, 4.69) is 26.1 Å². The highest BCUT2D eigenvalue weighted by Crippen LogP contribution is 2.43. The maximum absolute atomic E-state index is 15.1. The van der Waals surface area contributed by atoms with Crippen molar-refractivity contribution in [2.24, 2.45) is 0 Å². The lowest BCUT2D eigenvalue weighted by molar-refractivity contribution is -0.122. The molecular formula is C24H22Cl2FN3O3. The van der Waals surface area contributed by atoms with Crippen LogP contribution in [0.1, 0.15) is 44.2 Å². The third-order valence-electron chi connectivity index (χ3n) is 6.31. The quantitative estimate of drug-likeness (QED) is 0.445. The first kappa shape index (κ1) is 23.3. The average molecular weight is 490 g/mol. The zero-order valence-electron chi connectivity index (χ0n) is 18.5. The molecule has 0 aromatic heterocycles. The fraction of sp³-hybridized carbons (Fsp3) is 0.292. The zero-order chi connectivity index (χ0) is 24.2. The van der Waals surface area contributed by atoms with Crippen molar-refractivity contribution >= 4 is 58.5 Å². The van der Waals surface area contributed by atoms with Crippen molar-refractivity contribution in [3.8, 4) is 0 Å². The molecule has 2 aromatic carbocycles. The van der Waals surface area contributed by atoms with Crippen LogP contribution < -0.4 is 15.1 Å². The number of fused-ring (bicyclic) bond motifs is 1. The molecule has 1 atom stereocenters. The topological polar surface area (TPSA) is 69.7 Å². The van der Waals surface area contributed by atoms with E-state index in [1.165, 1.54) is 30.3 Å². The minimum atomic E-state index is -0.927. The molecule has 1 N–H and O–H groups in total. The Hall–Kier alpha value is -2.90. The highest BCUT2D eigenvalue weighted by atomic mass is 35.5. The number of hydrogen-bond acceptors (Lipinski definition) is 4. The molecular weight excluding hydrogens is 468 g/mol. The number of urea groups is 1. The van der Waals surface area contributed by atoms with Crippen LogP contribution >= 0.6 is 23.2 Å². The zero-order valence-corrected chi connectivity index (χ0v) is 20.0. The van der Waals surface area contributed by atoms with Crippen LogP contribution in [-0.2, 0) is 9.59 Å². The van der Waals surface area contributed by atoms with Crippen LogP contribution in [0.15, 0.2) is 35.9 Å². The van der Waals surface area contributed by atoms with Gasteiger partial charge in [-0.15, -0.1) is 0 Å². The van der Waals surface area contributed by atoms with Gasteiger partial charge < -0.3 is 4.90 Å². The molecule has 2 aliphatic heterocycles. The van der Waals surface area contributed by atoms with Gasteiger partial charge in [-0.1, -0.05) is 30.1 Å². The van der Waals surface area contributed by atoms with Crippen molar-refractivity contribution in [3.63, 3.8) is 0 Å². The van der Waals surface area contributed by atoms with Crippen molar-refractivity contribution in [3.05, 3.63) is 62.9 Å². The van der Waals surface area contributed by atoms with Crippen LogP contribution in [0.2, 0.25) is 10.0 Å². The Balaban J connectivity index is 1.77. The molecule has 1 fully saturated rings. The number of carbonyl (C=O) groups excluding carboxylic acids is 3. The van der Waals surface area contributed by atoms with E-state index in [1.54, 1.807) is 6.07 Å². The van der Waals surface area contributed by atoms with Crippen LogP contribution in [0.4, 0.5) is 20.6 Å². The summed E-state index contributed by atoms with van der Waals surface area (Å²) in [5, 5.41) is 2.51. The predicted molar refractivity (Wildman–Crippen MR) is 127 cm³/mol. The monoisotopic (exact) mass is 489 g/mol. The molecule has 0 saturated carbocycles. The van der Waals surface area contributed by atoms with E-state index in [0.29, 0.717) is 0 Å². The van der Waals surface area contributed by atoms with Gasteiger partial charge >= 0.3 is 6.03 Å². The molecule has 9 heteroatoms. The molecule has 4 amide bonds. The maximum Gasteiger partial charge on any atom is 0.335 e. The number of benzene rings is 2. The van der Waals surface area contributed by atoms with Gasteiger partial charge in [-0.2, -0.15) is 0 Å². The highest BCUT2D eigenvalue weighted by Gasteiger charge is 2.38. The summed E-state index contributed by atoms with van der Waals surface area (Å²) in [7, 11) is 1.92. The molecule has 0 bridgehead atoms. The second kappa shape index (κ2) is 8.15. The lowest BCUT2D eigenvalue weighted by Crippen LogP contribution is -2.54. The number of imide groups is 2. The number of carbonyl (C=O) groups is 3. The summed E-state index contributed by atoms with van der Waals surface area (Å²) in [6.07, 6.45) is 2.04. The first-order valence-electron chi connectivity index (χ1n) is 10.3. The standard InChI is InChI=1S/C24H22Cl2FN3O3/c1-12-11-24(2,3)29(4)20-10-19(27)13(7-15(12)20)8-16-21(31)28-23(33)30(22(16)32)14-5-6-17(25)18(26)9-14/h5-10,12H,11H2,1-4H3,(H,28,31,33)/b16-8-. The fourth-order valence-corrected chi connectivity index (χ4v) is 4.68. The highest BCUT2D eigenvalue weighted by molar-refractivity contribution is 6.43. The molecule has 0 aliphatic carbocycles. The van der Waals surface area contributed by atoms with Crippen LogP contribution in [0.3, 0.4) is 0 Å². The van der Waals surface area contributed by atoms with Gasteiger partial charge in [0.2, 0.25) is 0 Å². The largest absolute Gasteiger partial charge is 0.369 e. The lowest BCUT2D eigenvalue weighted by Gasteiger charge is -2.45. The smallest absolute Gasteiger partial charge is 0.335 e. The normalized spacial score (nSPS) is 21.4. The Labute approximate surface area is 200 Å². The second-order valence-electron chi connectivity index (χ2n) is 8.97. The molecule has 172 valence electrons. The number of barbiturate groups is 1. The van der Waals surface area contributed by atoms with Crippen molar-refractivity contribution in [2.45, 2.75) is 38.6 Å². The second-order valence-corrected chi connectivity index (χ2v) is 9.78. The average Bonchev–Trinajstić information content (AvgIpc) is 2.72. The molecule has 2 aromatic rings. The molecule has 1 saturated heterocycles. The van der Waals surface area contributed by atoms with E-state index >= 15 is 4.39 Å². The van der Waals surface area contributed by atoms with Gasteiger partial charge in [0.15, 0.2) is 0 Å². The van der Waals surface area contributed by atoms with Crippen molar-refractivity contribution in [2.75, 3.05) is 16.8 Å². The van der Waals surface area contributed by atoms with Gasteiger partial charge in [0.25, 0.3) is 11.8 Å². The number of halogens is 3. The third-order valence-corrected chi connectivity index (χ3v) is 7.05. The number of nitrogens with one attached hydrogen (secondary N) is 1. The Kier molecular flexibility index (Phi) is 5.75. The minimum absolute atomic E-state index is 0.0932. The van der Waals surface area contributed by atoms with Crippen LogP contribution in [-0.4, -0.2) is 30.4 Å². The van der Waals surface area contributed by atoms with Crippen molar-refractivity contribution < 1.29 is 18.8 Å². The predicted octanol–water partition coefficient (Wildman–Crippen LogP) is 5.52. The molecule has 4 rings (SSSR count). The molecule has 2 aliphatic rings. The summed E-state index contributed by atoms with van der Waals surface area (Å²) in [5.41, 5.74) is 1.41. The molecule has 6 nitrogen and oxygen atoms in total. The summed E-state index contributed by atoms with van der Waals surface area (Å²) in [6, 6.07) is 6.36. The van der Waals surface area contributed by atoms with Crippen molar-refractivity contribution in [1.29, 1.82) is 0 Å². The maximum atomic E-state index is 15.1. The molecule has 0 radical (unpaired) electrons. The molecule has 33 heavy (non-hydrogen) atoms. The first-order chi connectivity index (χ1) is 15.4. The van der Waals surface area contributed by atoms with E-state index in [4.69, 9.17) is 23.2 Å². The lowest BCUT2D eigenvalue weighted by atomic mass is 9.80. The van der Waals surface area contributed by atoms with E-state index < -0.39 is 23.7 Å². The molecule has 2 heterocycles. The number of anilines is 2. The third kappa shape index (κ3) is 4.00. The van der Waals surface area contributed by atoms with Gasteiger partial charge in [0.1, 0.15) is 11.4 Å². The number of amides is 4. The van der Waals surface area contributed by atoms with Crippen LogP contribution in [0.5, 0.6) is 0 Å². The Morgan fingerprint density at radius 1 is 1.12 bits per heavy atom. The van der Waals surface area contributed by atoms with Gasteiger partial charge in [-0.25, -0.2) is 14.1 Å². The van der Waals surface area contributed by atoms with E-state index in [-0.39, 0.29) is 38.3 Å². The van der Waals surface area contributed by atoms with E-state index in [9.17, 15) is 14.4 Å². The number of rotatable bonds is 2. The van der Waals surface area contributed by atoms with Gasteiger partial charge in [-0.3, -0.25) is 14.9 Å². The summed E-state index contributed by atoms with van der Waals surface area (Å²) in [4.78, 5) is 40.8.